The minimum atomic E-state index is 0.0979. The van der Waals surface area contributed by atoms with Crippen LogP contribution in [-0.4, -0.2) is 23.6 Å². The molecule has 0 bridgehead atoms. The molecule has 0 fully saturated rings. The molecule has 0 saturated heterocycles. The maximum atomic E-state index is 5.43. The van der Waals surface area contributed by atoms with Crippen molar-refractivity contribution in [3.05, 3.63) is 40.6 Å². The van der Waals surface area contributed by atoms with Crippen molar-refractivity contribution in [3.63, 3.8) is 0 Å². The third kappa shape index (κ3) is 3.85. The number of hydrogen-bond acceptors (Lipinski definition) is 5. The van der Waals surface area contributed by atoms with Gasteiger partial charge in [0.15, 0.2) is 11.6 Å². The van der Waals surface area contributed by atoms with Crippen molar-refractivity contribution in [2.75, 3.05) is 24.3 Å². The summed E-state index contributed by atoms with van der Waals surface area (Å²) in [5.41, 5.74) is 1.16. The van der Waals surface area contributed by atoms with E-state index < -0.39 is 0 Å². The molecule has 1 atom stereocenters. The number of rotatable bonds is 6. The van der Waals surface area contributed by atoms with Gasteiger partial charge in [0.25, 0.3) is 0 Å². The predicted octanol–water partition coefficient (Wildman–Crippen LogP) is 3.85. The maximum Gasteiger partial charge on any atom is 0.204 e. The molecule has 1 aromatic carbocycles. The Kier molecular flexibility index (Phi) is 5.38. The standard InChI is InChI=1S/C15H19BrN4O/c1-4-17-14-13(21-3)15(19-9-18-14)20-10(2)11-6-5-7-12(16)8-11/h5-10H,4H2,1-3H3,(H2,17,18,19,20). The Bertz CT molecular complexity index is 606. The van der Waals surface area contributed by atoms with Crippen LogP contribution in [0.4, 0.5) is 11.6 Å². The molecule has 1 aromatic heterocycles. The summed E-state index contributed by atoms with van der Waals surface area (Å²) in [5, 5.41) is 6.53. The summed E-state index contributed by atoms with van der Waals surface area (Å²) in [4.78, 5) is 8.48. The lowest BCUT2D eigenvalue weighted by Gasteiger charge is -2.18. The number of anilines is 2. The van der Waals surface area contributed by atoms with Crippen LogP contribution < -0.4 is 15.4 Å². The molecule has 0 spiro atoms. The molecule has 5 nitrogen and oxygen atoms in total. The number of benzene rings is 1. The van der Waals surface area contributed by atoms with Crippen molar-refractivity contribution in [3.8, 4) is 5.75 Å². The van der Waals surface area contributed by atoms with E-state index in [0.717, 1.165) is 16.6 Å². The number of hydrogen-bond donors (Lipinski definition) is 2. The van der Waals surface area contributed by atoms with Gasteiger partial charge in [-0.1, -0.05) is 28.1 Å². The first-order valence-corrected chi connectivity index (χ1v) is 7.59. The highest BCUT2D eigenvalue weighted by Gasteiger charge is 2.14. The van der Waals surface area contributed by atoms with Gasteiger partial charge in [-0.25, -0.2) is 9.97 Å². The van der Waals surface area contributed by atoms with Gasteiger partial charge < -0.3 is 15.4 Å². The van der Waals surface area contributed by atoms with Crippen LogP contribution in [0.2, 0.25) is 0 Å². The molecule has 2 rings (SSSR count). The molecule has 21 heavy (non-hydrogen) atoms. The van der Waals surface area contributed by atoms with E-state index >= 15 is 0 Å². The Labute approximate surface area is 133 Å². The highest BCUT2D eigenvalue weighted by Crippen LogP contribution is 2.31. The minimum Gasteiger partial charge on any atom is -0.490 e. The summed E-state index contributed by atoms with van der Waals surface area (Å²) in [6, 6.07) is 8.27. The van der Waals surface area contributed by atoms with Gasteiger partial charge in [0.2, 0.25) is 5.75 Å². The third-order valence-electron chi connectivity index (χ3n) is 3.05. The van der Waals surface area contributed by atoms with Crippen LogP contribution in [0.1, 0.15) is 25.5 Å². The van der Waals surface area contributed by atoms with Gasteiger partial charge in [-0.05, 0) is 31.5 Å². The van der Waals surface area contributed by atoms with E-state index in [1.165, 1.54) is 6.33 Å². The van der Waals surface area contributed by atoms with Crippen LogP contribution in [0.5, 0.6) is 5.75 Å². The van der Waals surface area contributed by atoms with E-state index in [1.807, 2.05) is 19.1 Å². The Morgan fingerprint density at radius 3 is 2.71 bits per heavy atom. The van der Waals surface area contributed by atoms with Gasteiger partial charge in [0, 0.05) is 11.0 Å². The van der Waals surface area contributed by atoms with Gasteiger partial charge in [-0.2, -0.15) is 0 Å². The normalized spacial score (nSPS) is 11.8. The fourth-order valence-corrected chi connectivity index (χ4v) is 2.44. The quantitative estimate of drug-likeness (QED) is 0.828. The molecule has 0 radical (unpaired) electrons. The van der Waals surface area contributed by atoms with E-state index in [9.17, 15) is 0 Å². The fourth-order valence-electron chi connectivity index (χ4n) is 2.03. The molecule has 2 aromatic rings. The Morgan fingerprint density at radius 2 is 2.05 bits per heavy atom. The van der Waals surface area contributed by atoms with Gasteiger partial charge >= 0.3 is 0 Å². The van der Waals surface area contributed by atoms with Crippen LogP contribution in [0.15, 0.2) is 35.1 Å². The molecule has 1 unspecified atom stereocenters. The lowest BCUT2D eigenvalue weighted by molar-refractivity contribution is 0.414. The summed E-state index contributed by atoms with van der Waals surface area (Å²) in [7, 11) is 1.62. The lowest BCUT2D eigenvalue weighted by Crippen LogP contribution is -2.11. The topological polar surface area (TPSA) is 59.1 Å². The first-order valence-electron chi connectivity index (χ1n) is 6.80. The minimum absolute atomic E-state index is 0.0979. The molecule has 0 amide bonds. The second-order valence-electron chi connectivity index (χ2n) is 4.56. The number of nitrogens with zero attached hydrogens (tertiary/aromatic N) is 2. The summed E-state index contributed by atoms with van der Waals surface area (Å²) >= 11 is 3.49. The first-order chi connectivity index (χ1) is 10.2. The van der Waals surface area contributed by atoms with E-state index in [1.54, 1.807) is 7.11 Å². The van der Waals surface area contributed by atoms with Gasteiger partial charge in [-0.3, -0.25) is 0 Å². The number of nitrogens with one attached hydrogen (secondary N) is 2. The van der Waals surface area contributed by atoms with E-state index in [0.29, 0.717) is 17.4 Å². The van der Waals surface area contributed by atoms with Crippen LogP contribution in [0.3, 0.4) is 0 Å². The summed E-state index contributed by atoms with van der Waals surface area (Å²) in [6.45, 7) is 4.86. The van der Waals surface area contributed by atoms with Gasteiger partial charge in [-0.15, -0.1) is 0 Å². The molecule has 0 aliphatic carbocycles. The van der Waals surface area contributed by atoms with E-state index in [4.69, 9.17) is 4.74 Å². The van der Waals surface area contributed by atoms with Gasteiger partial charge in [0.1, 0.15) is 6.33 Å². The average molecular weight is 351 g/mol. The smallest absolute Gasteiger partial charge is 0.204 e. The largest absolute Gasteiger partial charge is 0.490 e. The average Bonchev–Trinajstić information content (AvgIpc) is 2.48. The van der Waals surface area contributed by atoms with Crippen LogP contribution >= 0.6 is 15.9 Å². The van der Waals surface area contributed by atoms with Crippen LogP contribution in [-0.2, 0) is 0 Å². The van der Waals surface area contributed by atoms with Crippen molar-refractivity contribution in [2.45, 2.75) is 19.9 Å². The van der Waals surface area contributed by atoms with E-state index in [-0.39, 0.29) is 6.04 Å². The van der Waals surface area contributed by atoms with Crippen LogP contribution in [0, 0.1) is 0 Å². The number of methoxy groups -OCH3 is 1. The van der Waals surface area contributed by atoms with Crippen molar-refractivity contribution in [1.82, 2.24) is 9.97 Å². The first kappa shape index (κ1) is 15.6. The van der Waals surface area contributed by atoms with Crippen molar-refractivity contribution >= 4 is 27.6 Å². The molecule has 112 valence electrons. The van der Waals surface area contributed by atoms with Crippen molar-refractivity contribution in [1.29, 1.82) is 0 Å². The lowest BCUT2D eigenvalue weighted by atomic mass is 10.1. The molecule has 6 heteroatoms. The second-order valence-corrected chi connectivity index (χ2v) is 5.47. The van der Waals surface area contributed by atoms with Crippen molar-refractivity contribution in [2.24, 2.45) is 0 Å². The monoisotopic (exact) mass is 350 g/mol. The summed E-state index contributed by atoms with van der Waals surface area (Å²) in [6.07, 6.45) is 1.52. The highest BCUT2D eigenvalue weighted by molar-refractivity contribution is 9.10. The van der Waals surface area contributed by atoms with Crippen molar-refractivity contribution < 1.29 is 4.74 Å². The third-order valence-corrected chi connectivity index (χ3v) is 3.55. The highest BCUT2D eigenvalue weighted by atomic mass is 79.9. The Morgan fingerprint density at radius 1 is 1.29 bits per heavy atom. The zero-order chi connectivity index (χ0) is 15.2. The second kappa shape index (κ2) is 7.26. The maximum absolute atomic E-state index is 5.43. The SMILES string of the molecule is CCNc1ncnc(NC(C)c2cccc(Br)c2)c1OC. The Balaban J connectivity index is 2.24. The molecule has 1 heterocycles. The van der Waals surface area contributed by atoms with E-state index in [2.05, 4.69) is 55.6 Å². The van der Waals surface area contributed by atoms with Crippen LogP contribution in [0.25, 0.3) is 0 Å². The molecular weight excluding hydrogens is 332 g/mol. The molecule has 0 aliphatic heterocycles. The zero-order valence-electron chi connectivity index (χ0n) is 12.4. The predicted molar refractivity (Wildman–Crippen MR) is 88.9 cm³/mol. The molecule has 0 aliphatic rings. The molecule has 2 N–H and O–H groups in total. The summed E-state index contributed by atoms with van der Waals surface area (Å²) < 4.78 is 6.48. The molecule has 0 saturated carbocycles. The zero-order valence-corrected chi connectivity index (χ0v) is 13.9. The number of aromatic nitrogens is 2. The number of ether oxygens (including phenoxy) is 1. The Hall–Kier alpha value is -1.82. The molecular formula is C15H19BrN4O. The fraction of sp³-hybridized carbons (Fsp3) is 0.333. The summed E-state index contributed by atoms with van der Waals surface area (Å²) in [5.74, 6) is 2.00. The number of halogens is 1. The van der Waals surface area contributed by atoms with Gasteiger partial charge in [0.05, 0.1) is 13.2 Å².